The first kappa shape index (κ1) is 13.3. The van der Waals surface area contributed by atoms with Gasteiger partial charge >= 0.3 is 0 Å². The van der Waals surface area contributed by atoms with Gasteiger partial charge in [0.05, 0.1) is 0 Å². The minimum absolute atomic E-state index is 0.183. The number of rotatable bonds is 5. The molecule has 0 saturated heterocycles. The van der Waals surface area contributed by atoms with E-state index in [9.17, 15) is 4.39 Å². The first-order valence-electron chi connectivity index (χ1n) is 6.81. The maximum Gasteiger partial charge on any atom is 0.130 e. The van der Waals surface area contributed by atoms with Gasteiger partial charge in [0.1, 0.15) is 5.82 Å². The maximum atomic E-state index is 14.0. The van der Waals surface area contributed by atoms with Crippen molar-refractivity contribution in [2.24, 2.45) is 11.7 Å². The van der Waals surface area contributed by atoms with Crippen molar-refractivity contribution in [1.29, 1.82) is 0 Å². The summed E-state index contributed by atoms with van der Waals surface area (Å²) < 4.78 is 14.0. The van der Waals surface area contributed by atoms with Crippen LogP contribution in [0.4, 0.5) is 10.1 Å². The Morgan fingerprint density at radius 3 is 2.50 bits per heavy atom. The van der Waals surface area contributed by atoms with Crippen molar-refractivity contribution in [3.63, 3.8) is 0 Å². The fourth-order valence-electron chi connectivity index (χ4n) is 2.45. The molecule has 18 heavy (non-hydrogen) atoms. The lowest BCUT2D eigenvalue weighted by Gasteiger charge is -2.30. The summed E-state index contributed by atoms with van der Waals surface area (Å²) in [7, 11) is 0. The molecule has 0 aliphatic heterocycles. The van der Waals surface area contributed by atoms with Crippen molar-refractivity contribution >= 4 is 5.69 Å². The van der Waals surface area contributed by atoms with Crippen LogP contribution in [0.5, 0.6) is 0 Å². The highest BCUT2D eigenvalue weighted by Gasteiger charge is 2.31. The van der Waals surface area contributed by atoms with Crippen LogP contribution in [0.15, 0.2) is 18.2 Å². The predicted molar refractivity (Wildman–Crippen MR) is 74.2 cm³/mol. The quantitative estimate of drug-likeness (QED) is 0.867. The zero-order chi connectivity index (χ0) is 13.3. The van der Waals surface area contributed by atoms with Gasteiger partial charge in [0.2, 0.25) is 0 Å². The monoisotopic (exact) mass is 250 g/mol. The number of halogens is 1. The third-order valence-electron chi connectivity index (χ3n) is 3.34. The summed E-state index contributed by atoms with van der Waals surface area (Å²) in [5, 5.41) is 0. The largest absolute Gasteiger partial charge is 0.368 e. The first-order valence-corrected chi connectivity index (χ1v) is 6.81. The Hall–Kier alpha value is -1.09. The molecule has 1 aromatic rings. The molecule has 3 heteroatoms. The van der Waals surface area contributed by atoms with Gasteiger partial charge in [0.25, 0.3) is 0 Å². The normalized spacial score (nSPS) is 17.0. The van der Waals surface area contributed by atoms with Gasteiger partial charge < -0.3 is 10.6 Å². The molecule has 0 spiro atoms. The van der Waals surface area contributed by atoms with Gasteiger partial charge in [-0.15, -0.1) is 0 Å². The maximum absolute atomic E-state index is 14.0. The number of hydrogen-bond donors (Lipinski definition) is 1. The Morgan fingerprint density at radius 2 is 2.00 bits per heavy atom. The minimum atomic E-state index is -0.269. The van der Waals surface area contributed by atoms with Gasteiger partial charge in [0.15, 0.2) is 0 Å². The first-order chi connectivity index (χ1) is 8.50. The minimum Gasteiger partial charge on any atom is -0.368 e. The standard InChI is InChI=1S/C15H23FN2/c1-10(2)9-18(12-7-8-12)14-6-4-5-13(16)15(14)11(3)17/h4-6,10-12H,7-9,17H2,1-3H3/t11-/m1/s1. The smallest absolute Gasteiger partial charge is 0.130 e. The number of anilines is 1. The fraction of sp³-hybridized carbons (Fsp3) is 0.600. The summed E-state index contributed by atoms with van der Waals surface area (Å²) in [5.41, 5.74) is 7.58. The van der Waals surface area contributed by atoms with Crippen molar-refractivity contribution in [2.75, 3.05) is 11.4 Å². The second kappa shape index (κ2) is 5.27. The molecule has 1 atom stereocenters. The average molecular weight is 250 g/mol. The molecule has 2 nitrogen and oxygen atoms in total. The highest BCUT2D eigenvalue weighted by molar-refractivity contribution is 5.57. The molecule has 0 aromatic heterocycles. The number of nitrogens with zero attached hydrogens (tertiary/aromatic N) is 1. The highest BCUT2D eigenvalue weighted by Crippen LogP contribution is 2.36. The molecular weight excluding hydrogens is 227 g/mol. The van der Waals surface area contributed by atoms with Gasteiger partial charge in [-0.1, -0.05) is 19.9 Å². The van der Waals surface area contributed by atoms with Gasteiger partial charge in [-0.2, -0.15) is 0 Å². The van der Waals surface area contributed by atoms with Crippen LogP contribution < -0.4 is 10.6 Å². The third kappa shape index (κ3) is 2.83. The van der Waals surface area contributed by atoms with E-state index in [0.717, 1.165) is 12.2 Å². The van der Waals surface area contributed by atoms with E-state index in [-0.39, 0.29) is 11.9 Å². The Bertz CT molecular complexity index is 411. The van der Waals surface area contributed by atoms with Gasteiger partial charge in [-0.3, -0.25) is 0 Å². The summed E-state index contributed by atoms with van der Waals surface area (Å²) in [5.74, 6) is 0.381. The van der Waals surface area contributed by atoms with E-state index in [2.05, 4.69) is 18.7 Å². The van der Waals surface area contributed by atoms with E-state index >= 15 is 0 Å². The molecule has 0 bridgehead atoms. The Morgan fingerprint density at radius 1 is 1.33 bits per heavy atom. The van der Waals surface area contributed by atoms with E-state index in [4.69, 9.17) is 5.73 Å². The molecule has 1 aromatic carbocycles. The summed E-state index contributed by atoms with van der Waals surface area (Å²) in [6, 6.07) is 5.60. The van der Waals surface area contributed by atoms with Crippen LogP contribution in [0.1, 0.15) is 45.2 Å². The summed E-state index contributed by atoms with van der Waals surface area (Å²) >= 11 is 0. The highest BCUT2D eigenvalue weighted by atomic mass is 19.1. The molecule has 1 saturated carbocycles. The van der Waals surface area contributed by atoms with Crippen LogP contribution in [0.25, 0.3) is 0 Å². The van der Waals surface area contributed by atoms with Crippen LogP contribution in [-0.2, 0) is 0 Å². The average Bonchev–Trinajstić information content (AvgIpc) is 3.08. The van der Waals surface area contributed by atoms with Crippen LogP contribution in [-0.4, -0.2) is 12.6 Å². The van der Waals surface area contributed by atoms with Gasteiger partial charge in [-0.05, 0) is 37.8 Å². The second-order valence-corrected chi connectivity index (χ2v) is 5.74. The zero-order valence-electron chi connectivity index (χ0n) is 11.5. The van der Waals surface area contributed by atoms with Crippen LogP contribution in [0.3, 0.4) is 0 Å². The fourth-order valence-corrected chi connectivity index (χ4v) is 2.45. The SMILES string of the molecule is CC(C)CN(c1cccc(F)c1[C@@H](C)N)C1CC1. The van der Waals surface area contributed by atoms with Crippen molar-refractivity contribution in [2.45, 2.75) is 45.7 Å². The van der Waals surface area contributed by atoms with Crippen LogP contribution in [0.2, 0.25) is 0 Å². The van der Waals surface area contributed by atoms with Crippen molar-refractivity contribution in [1.82, 2.24) is 0 Å². The molecule has 0 radical (unpaired) electrons. The number of hydrogen-bond acceptors (Lipinski definition) is 2. The van der Waals surface area contributed by atoms with E-state index in [1.807, 2.05) is 13.0 Å². The molecule has 1 aliphatic carbocycles. The van der Waals surface area contributed by atoms with Crippen LogP contribution >= 0.6 is 0 Å². The second-order valence-electron chi connectivity index (χ2n) is 5.74. The lowest BCUT2D eigenvalue weighted by atomic mass is 10.0. The summed E-state index contributed by atoms with van der Waals surface area (Å²) in [6.45, 7) is 7.21. The zero-order valence-corrected chi connectivity index (χ0v) is 11.5. The third-order valence-corrected chi connectivity index (χ3v) is 3.34. The van der Waals surface area contributed by atoms with Crippen molar-refractivity contribution in [3.05, 3.63) is 29.6 Å². The van der Waals surface area contributed by atoms with E-state index in [1.165, 1.54) is 18.9 Å². The van der Waals surface area contributed by atoms with Crippen molar-refractivity contribution in [3.8, 4) is 0 Å². The van der Waals surface area contributed by atoms with E-state index in [1.54, 1.807) is 6.07 Å². The Balaban J connectivity index is 2.37. The van der Waals surface area contributed by atoms with Crippen molar-refractivity contribution < 1.29 is 4.39 Å². The number of benzene rings is 1. The lowest BCUT2D eigenvalue weighted by molar-refractivity contribution is 0.577. The lowest BCUT2D eigenvalue weighted by Crippen LogP contribution is -2.31. The number of nitrogens with two attached hydrogens (primary N) is 1. The van der Waals surface area contributed by atoms with Crippen LogP contribution in [0, 0.1) is 11.7 Å². The topological polar surface area (TPSA) is 29.3 Å². The Labute approximate surface area is 109 Å². The molecule has 100 valence electrons. The van der Waals surface area contributed by atoms with Gasteiger partial charge in [-0.25, -0.2) is 4.39 Å². The molecule has 0 amide bonds. The summed E-state index contributed by atoms with van der Waals surface area (Å²) in [4.78, 5) is 2.34. The van der Waals surface area contributed by atoms with Gasteiger partial charge in [0, 0.05) is 29.9 Å². The van der Waals surface area contributed by atoms with E-state index < -0.39 is 0 Å². The summed E-state index contributed by atoms with van der Waals surface area (Å²) in [6.07, 6.45) is 2.42. The molecule has 1 aliphatic rings. The molecule has 0 unspecified atom stereocenters. The molecular formula is C15H23FN2. The molecule has 2 N–H and O–H groups in total. The predicted octanol–water partition coefficient (Wildman–Crippen LogP) is 3.47. The Kier molecular flexibility index (Phi) is 3.91. The molecule has 2 rings (SSSR count). The molecule has 0 heterocycles. The van der Waals surface area contributed by atoms with E-state index in [0.29, 0.717) is 17.5 Å². The molecule has 1 fully saturated rings.